The summed E-state index contributed by atoms with van der Waals surface area (Å²) >= 11 is 0. The second kappa shape index (κ2) is 6.79. The van der Waals surface area contributed by atoms with E-state index in [2.05, 4.69) is 30.4 Å². The number of methoxy groups -OCH3 is 1. The molecule has 1 aliphatic rings. The van der Waals surface area contributed by atoms with Crippen LogP contribution in [0.3, 0.4) is 0 Å². The van der Waals surface area contributed by atoms with Gasteiger partial charge in [0.25, 0.3) is 0 Å². The standard InChI is InChI=1S/C16H25NO/c1-3-13-7-10-16(18-2)14(12-13)8-9-15-6-4-5-11-17-15/h7,10,12,15,17H,3-6,8-9,11H2,1-2H3. The molecular formula is C16H25NO. The summed E-state index contributed by atoms with van der Waals surface area (Å²) in [7, 11) is 1.77. The van der Waals surface area contributed by atoms with Gasteiger partial charge in [-0.1, -0.05) is 25.5 Å². The maximum atomic E-state index is 5.46. The molecule has 2 heteroatoms. The summed E-state index contributed by atoms with van der Waals surface area (Å²) in [6.07, 6.45) is 7.49. The molecule has 1 aromatic rings. The molecule has 0 spiro atoms. The maximum Gasteiger partial charge on any atom is 0.122 e. The van der Waals surface area contributed by atoms with Crippen LogP contribution in [-0.4, -0.2) is 19.7 Å². The summed E-state index contributed by atoms with van der Waals surface area (Å²) in [4.78, 5) is 0. The highest BCUT2D eigenvalue weighted by Crippen LogP contribution is 2.23. The monoisotopic (exact) mass is 247 g/mol. The fourth-order valence-electron chi connectivity index (χ4n) is 2.75. The average Bonchev–Trinajstić information content (AvgIpc) is 2.45. The summed E-state index contributed by atoms with van der Waals surface area (Å²) < 4.78 is 5.46. The third kappa shape index (κ3) is 3.49. The van der Waals surface area contributed by atoms with E-state index in [0.29, 0.717) is 6.04 Å². The number of aryl methyl sites for hydroxylation is 2. The minimum absolute atomic E-state index is 0.703. The zero-order valence-electron chi connectivity index (χ0n) is 11.7. The number of ether oxygens (including phenoxy) is 1. The Morgan fingerprint density at radius 2 is 2.22 bits per heavy atom. The predicted molar refractivity (Wildman–Crippen MR) is 76.3 cm³/mol. The SMILES string of the molecule is CCc1ccc(OC)c(CCC2CCCCN2)c1. The molecule has 1 unspecified atom stereocenters. The van der Waals surface area contributed by atoms with E-state index in [4.69, 9.17) is 4.74 Å². The lowest BCUT2D eigenvalue weighted by Gasteiger charge is -2.23. The Labute approximate surface area is 111 Å². The van der Waals surface area contributed by atoms with Crippen LogP contribution in [0.25, 0.3) is 0 Å². The van der Waals surface area contributed by atoms with Crippen LogP contribution in [0, 0.1) is 0 Å². The Hall–Kier alpha value is -1.02. The first-order valence-electron chi connectivity index (χ1n) is 7.22. The molecule has 2 rings (SSSR count). The summed E-state index contributed by atoms with van der Waals surface area (Å²) in [5.74, 6) is 1.04. The fourth-order valence-corrected chi connectivity index (χ4v) is 2.75. The van der Waals surface area contributed by atoms with Crippen molar-refractivity contribution >= 4 is 0 Å². The molecule has 1 atom stereocenters. The third-order valence-corrected chi connectivity index (χ3v) is 3.93. The molecule has 0 radical (unpaired) electrons. The van der Waals surface area contributed by atoms with Gasteiger partial charge < -0.3 is 10.1 Å². The van der Waals surface area contributed by atoms with Crippen LogP contribution in [0.15, 0.2) is 18.2 Å². The Balaban J connectivity index is 1.97. The lowest BCUT2D eigenvalue weighted by Crippen LogP contribution is -2.34. The number of nitrogens with one attached hydrogen (secondary N) is 1. The molecule has 0 bridgehead atoms. The normalized spacial score (nSPS) is 19.8. The quantitative estimate of drug-likeness (QED) is 0.861. The first-order valence-corrected chi connectivity index (χ1v) is 7.22. The highest BCUT2D eigenvalue weighted by atomic mass is 16.5. The van der Waals surface area contributed by atoms with Crippen LogP contribution in [0.2, 0.25) is 0 Å². The summed E-state index contributed by atoms with van der Waals surface area (Å²) in [5, 5.41) is 3.61. The van der Waals surface area contributed by atoms with Crippen molar-refractivity contribution in [3.8, 4) is 5.75 Å². The van der Waals surface area contributed by atoms with Crippen molar-refractivity contribution in [3.63, 3.8) is 0 Å². The van der Waals surface area contributed by atoms with E-state index < -0.39 is 0 Å². The minimum atomic E-state index is 0.703. The van der Waals surface area contributed by atoms with Gasteiger partial charge in [0.05, 0.1) is 7.11 Å². The van der Waals surface area contributed by atoms with Crippen LogP contribution in [0.5, 0.6) is 5.75 Å². The van der Waals surface area contributed by atoms with Crippen LogP contribution < -0.4 is 10.1 Å². The van der Waals surface area contributed by atoms with E-state index >= 15 is 0 Å². The van der Waals surface area contributed by atoms with Gasteiger partial charge >= 0.3 is 0 Å². The number of benzene rings is 1. The van der Waals surface area contributed by atoms with Crippen LogP contribution >= 0.6 is 0 Å². The van der Waals surface area contributed by atoms with Gasteiger partial charge in [0.1, 0.15) is 5.75 Å². The molecule has 1 aliphatic heterocycles. The highest BCUT2D eigenvalue weighted by Gasteiger charge is 2.13. The third-order valence-electron chi connectivity index (χ3n) is 3.93. The number of rotatable bonds is 5. The van der Waals surface area contributed by atoms with Crippen LogP contribution in [0.1, 0.15) is 43.7 Å². The summed E-state index contributed by atoms with van der Waals surface area (Å²) in [6, 6.07) is 7.29. The first kappa shape index (κ1) is 13.4. The first-order chi connectivity index (χ1) is 8.83. The molecule has 1 saturated heterocycles. The molecule has 1 fully saturated rings. The fraction of sp³-hybridized carbons (Fsp3) is 0.625. The van der Waals surface area contributed by atoms with E-state index in [-0.39, 0.29) is 0 Å². The molecule has 0 aromatic heterocycles. The van der Waals surface area contributed by atoms with Crippen molar-refractivity contribution in [2.45, 2.75) is 51.5 Å². The Bertz CT molecular complexity index is 369. The molecular weight excluding hydrogens is 222 g/mol. The highest BCUT2D eigenvalue weighted by molar-refractivity contribution is 5.37. The lowest BCUT2D eigenvalue weighted by atomic mass is 9.96. The Kier molecular flexibility index (Phi) is 5.06. The topological polar surface area (TPSA) is 21.3 Å². The minimum Gasteiger partial charge on any atom is -0.496 e. The number of piperidine rings is 1. The largest absolute Gasteiger partial charge is 0.496 e. The van der Waals surface area contributed by atoms with Gasteiger partial charge in [0.2, 0.25) is 0 Å². The van der Waals surface area contributed by atoms with Crippen LogP contribution in [0.4, 0.5) is 0 Å². The van der Waals surface area contributed by atoms with Crippen molar-refractivity contribution in [1.82, 2.24) is 5.32 Å². The molecule has 0 aliphatic carbocycles. The second-order valence-corrected chi connectivity index (χ2v) is 5.19. The van der Waals surface area contributed by atoms with Crippen molar-refractivity contribution < 1.29 is 4.74 Å². The second-order valence-electron chi connectivity index (χ2n) is 5.19. The molecule has 2 nitrogen and oxygen atoms in total. The van der Waals surface area contributed by atoms with E-state index in [1.165, 1.54) is 43.4 Å². The van der Waals surface area contributed by atoms with E-state index in [1.807, 2.05) is 0 Å². The molecule has 18 heavy (non-hydrogen) atoms. The molecule has 1 aromatic carbocycles. The zero-order chi connectivity index (χ0) is 12.8. The summed E-state index contributed by atoms with van der Waals surface area (Å²) in [5.41, 5.74) is 2.77. The van der Waals surface area contributed by atoms with Crippen molar-refractivity contribution in [2.24, 2.45) is 0 Å². The van der Waals surface area contributed by atoms with Gasteiger partial charge in [-0.2, -0.15) is 0 Å². The smallest absolute Gasteiger partial charge is 0.122 e. The molecule has 1 heterocycles. The Morgan fingerprint density at radius 1 is 1.33 bits per heavy atom. The van der Waals surface area contributed by atoms with E-state index in [9.17, 15) is 0 Å². The van der Waals surface area contributed by atoms with Crippen molar-refractivity contribution in [3.05, 3.63) is 29.3 Å². The predicted octanol–water partition coefficient (Wildman–Crippen LogP) is 3.33. The molecule has 0 saturated carbocycles. The lowest BCUT2D eigenvalue weighted by molar-refractivity contribution is 0.376. The van der Waals surface area contributed by atoms with Gasteiger partial charge in [-0.3, -0.25) is 0 Å². The van der Waals surface area contributed by atoms with Gasteiger partial charge in [-0.25, -0.2) is 0 Å². The number of hydrogen-bond donors (Lipinski definition) is 1. The zero-order valence-corrected chi connectivity index (χ0v) is 11.7. The van der Waals surface area contributed by atoms with E-state index in [1.54, 1.807) is 7.11 Å². The van der Waals surface area contributed by atoms with Gasteiger partial charge in [0, 0.05) is 6.04 Å². The molecule has 0 amide bonds. The van der Waals surface area contributed by atoms with Gasteiger partial charge in [0.15, 0.2) is 0 Å². The number of hydrogen-bond acceptors (Lipinski definition) is 2. The summed E-state index contributed by atoms with van der Waals surface area (Å²) in [6.45, 7) is 3.39. The van der Waals surface area contributed by atoms with Crippen molar-refractivity contribution in [2.75, 3.05) is 13.7 Å². The Morgan fingerprint density at radius 3 is 2.89 bits per heavy atom. The van der Waals surface area contributed by atoms with E-state index in [0.717, 1.165) is 18.6 Å². The van der Waals surface area contributed by atoms with Crippen LogP contribution in [-0.2, 0) is 12.8 Å². The molecule has 1 N–H and O–H groups in total. The van der Waals surface area contributed by atoms with Gasteiger partial charge in [-0.15, -0.1) is 0 Å². The average molecular weight is 247 g/mol. The van der Waals surface area contributed by atoms with Crippen molar-refractivity contribution in [1.29, 1.82) is 0 Å². The maximum absolute atomic E-state index is 5.46. The molecule has 100 valence electrons. The van der Waals surface area contributed by atoms with Gasteiger partial charge in [-0.05, 0) is 55.8 Å².